The molecule has 3 nitrogen and oxygen atoms in total. The Balaban J connectivity index is 2.68. The molecule has 1 N–H and O–H groups in total. The fourth-order valence-corrected chi connectivity index (χ4v) is 2.23. The topological polar surface area (TPSA) is 32.7 Å². The molecule has 1 aromatic rings. The maximum atomic E-state index is 9.69. The van der Waals surface area contributed by atoms with Gasteiger partial charge in [0.05, 0.1) is 6.61 Å². The Bertz CT molecular complexity index is 390. The minimum Gasteiger partial charge on any atom is -0.504 e. The molecule has 0 bridgehead atoms. The maximum absolute atomic E-state index is 9.69. The molecule has 3 heteroatoms. The zero-order valence-corrected chi connectivity index (χ0v) is 12.8. The summed E-state index contributed by atoms with van der Waals surface area (Å²) in [6, 6.07) is 6.14. The molecule has 0 aliphatic heterocycles. The van der Waals surface area contributed by atoms with E-state index in [1.54, 1.807) is 6.07 Å². The van der Waals surface area contributed by atoms with Crippen molar-refractivity contribution in [1.82, 2.24) is 4.90 Å². The zero-order valence-electron chi connectivity index (χ0n) is 12.8. The van der Waals surface area contributed by atoms with Crippen LogP contribution >= 0.6 is 0 Å². The highest BCUT2D eigenvalue weighted by Crippen LogP contribution is 2.27. The van der Waals surface area contributed by atoms with E-state index in [0.29, 0.717) is 24.3 Å². The predicted molar refractivity (Wildman–Crippen MR) is 79.7 cm³/mol. The molecule has 0 aliphatic rings. The van der Waals surface area contributed by atoms with Crippen molar-refractivity contribution in [2.45, 2.75) is 46.7 Å². The van der Waals surface area contributed by atoms with Crippen molar-refractivity contribution in [3.63, 3.8) is 0 Å². The van der Waals surface area contributed by atoms with Crippen LogP contribution in [0.1, 0.15) is 39.7 Å². The van der Waals surface area contributed by atoms with Crippen LogP contribution in [0.25, 0.3) is 0 Å². The molecule has 0 aliphatic carbocycles. The van der Waals surface area contributed by atoms with Crippen molar-refractivity contribution in [2.75, 3.05) is 13.7 Å². The van der Waals surface area contributed by atoms with Gasteiger partial charge in [0.1, 0.15) is 0 Å². The molecule has 1 atom stereocenters. The van der Waals surface area contributed by atoms with E-state index in [1.807, 2.05) is 19.1 Å². The molecule has 1 unspecified atom stereocenters. The number of benzene rings is 1. The molecule has 0 amide bonds. The lowest BCUT2D eigenvalue weighted by atomic mass is 10.0. The van der Waals surface area contributed by atoms with Crippen LogP contribution in [0.2, 0.25) is 0 Å². The molecule has 0 spiro atoms. The molecule has 19 heavy (non-hydrogen) atoms. The Hall–Kier alpha value is -1.22. The van der Waals surface area contributed by atoms with E-state index >= 15 is 0 Å². The second-order valence-corrected chi connectivity index (χ2v) is 5.63. The molecule has 1 aromatic carbocycles. The normalized spacial score (nSPS) is 13.0. The van der Waals surface area contributed by atoms with Gasteiger partial charge in [0.2, 0.25) is 0 Å². The molecule has 0 fully saturated rings. The first kappa shape index (κ1) is 15.8. The summed E-state index contributed by atoms with van der Waals surface area (Å²) in [5, 5.41) is 9.69. The summed E-state index contributed by atoms with van der Waals surface area (Å²) >= 11 is 0. The highest BCUT2D eigenvalue weighted by Gasteiger charge is 2.12. The van der Waals surface area contributed by atoms with Gasteiger partial charge in [0, 0.05) is 12.6 Å². The third-order valence-electron chi connectivity index (χ3n) is 3.32. The second-order valence-electron chi connectivity index (χ2n) is 5.63. The van der Waals surface area contributed by atoms with Crippen LogP contribution in [-0.4, -0.2) is 29.7 Å². The molecule has 0 saturated carbocycles. The summed E-state index contributed by atoms with van der Waals surface area (Å²) in [4.78, 5) is 2.34. The molecular formula is C16H27NO2. The summed E-state index contributed by atoms with van der Waals surface area (Å²) in [7, 11) is 2.14. The third-order valence-corrected chi connectivity index (χ3v) is 3.32. The third kappa shape index (κ3) is 5.11. The van der Waals surface area contributed by atoms with E-state index in [9.17, 15) is 5.11 Å². The Morgan fingerprint density at radius 3 is 2.53 bits per heavy atom. The predicted octanol–water partition coefficient (Wildman–Crippen LogP) is 3.66. The van der Waals surface area contributed by atoms with Crippen molar-refractivity contribution in [3.8, 4) is 11.5 Å². The van der Waals surface area contributed by atoms with Crippen molar-refractivity contribution < 1.29 is 9.84 Å². The van der Waals surface area contributed by atoms with Crippen molar-refractivity contribution in [3.05, 3.63) is 23.8 Å². The van der Waals surface area contributed by atoms with Crippen LogP contribution in [0, 0.1) is 5.92 Å². The number of hydrogen-bond donors (Lipinski definition) is 1. The Kier molecular flexibility index (Phi) is 6.16. The van der Waals surface area contributed by atoms with Crippen molar-refractivity contribution in [2.24, 2.45) is 5.92 Å². The van der Waals surface area contributed by atoms with Gasteiger partial charge in [-0.15, -0.1) is 0 Å². The van der Waals surface area contributed by atoms with Crippen LogP contribution in [0.5, 0.6) is 11.5 Å². The average molecular weight is 265 g/mol. The van der Waals surface area contributed by atoms with Crippen LogP contribution in [0.15, 0.2) is 18.2 Å². The molecule has 0 aromatic heterocycles. The molecular weight excluding hydrogens is 238 g/mol. The molecule has 0 radical (unpaired) electrons. The fourth-order valence-electron chi connectivity index (χ4n) is 2.23. The highest BCUT2D eigenvalue weighted by molar-refractivity contribution is 5.41. The van der Waals surface area contributed by atoms with Gasteiger partial charge < -0.3 is 9.84 Å². The quantitative estimate of drug-likeness (QED) is 0.816. The van der Waals surface area contributed by atoms with Gasteiger partial charge in [-0.25, -0.2) is 0 Å². The van der Waals surface area contributed by atoms with Gasteiger partial charge in [-0.2, -0.15) is 0 Å². The summed E-state index contributed by atoms with van der Waals surface area (Å²) in [5.41, 5.74) is 1.17. The van der Waals surface area contributed by atoms with E-state index in [4.69, 9.17) is 4.74 Å². The first-order chi connectivity index (χ1) is 8.93. The van der Waals surface area contributed by atoms with Gasteiger partial charge >= 0.3 is 0 Å². The van der Waals surface area contributed by atoms with E-state index in [2.05, 4.69) is 32.7 Å². The van der Waals surface area contributed by atoms with E-state index < -0.39 is 0 Å². The van der Waals surface area contributed by atoms with E-state index in [0.717, 1.165) is 6.54 Å². The van der Waals surface area contributed by atoms with Crippen LogP contribution < -0.4 is 4.74 Å². The van der Waals surface area contributed by atoms with Crippen molar-refractivity contribution in [1.29, 1.82) is 0 Å². The van der Waals surface area contributed by atoms with E-state index in [1.165, 1.54) is 12.0 Å². The number of phenolic OH excluding ortho intramolecular Hbond substituents is 1. The van der Waals surface area contributed by atoms with Gasteiger partial charge in [0.25, 0.3) is 0 Å². The number of hydrogen-bond acceptors (Lipinski definition) is 3. The minimum atomic E-state index is 0.212. The largest absolute Gasteiger partial charge is 0.504 e. The zero-order chi connectivity index (χ0) is 14.4. The first-order valence-electron chi connectivity index (χ1n) is 7.09. The molecule has 108 valence electrons. The van der Waals surface area contributed by atoms with Gasteiger partial charge in [-0.3, -0.25) is 4.90 Å². The number of nitrogens with zero attached hydrogens (tertiary/aromatic N) is 1. The Morgan fingerprint density at radius 1 is 1.26 bits per heavy atom. The number of rotatable bonds is 7. The maximum Gasteiger partial charge on any atom is 0.161 e. The molecule has 1 rings (SSSR count). The number of ether oxygens (including phenoxy) is 1. The van der Waals surface area contributed by atoms with Crippen LogP contribution in [0.3, 0.4) is 0 Å². The number of aromatic hydroxyl groups is 1. The summed E-state index contributed by atoms with van der Waals surface area (Å²) < 4.78 is 5.42. The first-order valence-corrected chi connectivity index (χ1v) is 7.09. The number of phenols is 1. The lowest BCUT2D eigenvalue weighted by molar-refractivity contribution is 0.220. The van der Waals surface area contributed by atoms with Gasteiger partial charge in [-0.1, -0.05) is 19.9 Å². The lowest BCUT2D eigenvalue weighted by Gasteiger charge is -2.26. The average Bonchev–Trinajstić information content (AvgIpc) is 2.32. The van der Waals surface area contributed by atoms with Crippen LogP contribution in [0.4, 0.5) is 0 Å². The SMILES string of the molecule is CCOc1cc(CN(C)C(C)CC(C)C)ccc1O. The lowest BCUT2D eigenvalue weighted by Crippen LogP contribution is -2.29. The summed E-state index contributed by atoms with van der Waals surface area (Å²) in [5.74, 6) is 1.49. The Labute approximate surface area is 117 Å². The molecule has 0 heterocycles. The fraction of sp³-hybridized carbons (Fsp3) is 0.625. The monoisotopic (exact) mass is 265 g/mol. The van der Waals surface area contributed by atoms with E-state index in [-0.39, 0.29) is 5.75 Å². The smallest absolute Gasteiger partial charge is 0.161 e. The summed E-state index contributed by atoms with van der Waals surface area (Å²) in [6.45, 7) is 10.1. The standard InChI is InChI=1S/C16H27NO2/c1-6-19-16-10-14(7-8-15(16)18)11-17(5)13(4)9-12(2)3/h7-8,10,12-13,18H,6,9,11H2,1-5H3. The van der Waals surface area contributed by atoms with Crippen molar-refractivity contribution >= 4 is 0 Å². The highest BCUT2D eigenvalue weighted by atomic mass is 16.5. The second kappa shape index (κ2) is 7.39. The van der Waals surface area contributed by atoms with Gasteiger partial charge in [-0.05, 0) is 50.9 Å². The van der Waals surface area contributed by atoms with Gasteiger partial charge in [0.15, 0.2) is 11.5 Å². The minimum absolute atomic E-state index is 0.212. The summed E-state index contributed by atoms with van der Waals surface area (Å²) in [6.07, 6.45) is 1.19. The Morgan fingerprint density at radius 2 is 1.95 bits per heavy atom. The van der Waals surface area contributed by atoms with Crippen LogP contribution in [-0.2, 0) is 6.54 Å². The molecule has 0 saturated heterocycles.